The van der Waals surface area contributed by atoms with Crippen molar-refractivity contribution < 1.29 is 4.74 Å². The van der Waals surface area contributed by atoms with Crippen LogP contribution in [0.5, 0.6) is 5.88 Å². The lowest BCUT2D eigenvalue weighted by Crippen LogP contribution is -2.22. The van der Waals surface area contributed by atoms with Gasteiger partial charge < -0.3 is 15.4 Å². The highest BCUT2D eigenvalue weighted by Crippen LogP contribution is 2.07. The molecule has 5 nitrogen and oxygen atoms in total. The summed E-state index contributed by atoms with van der Waals surface area (Å²) in [6, 6.07) is 1.75. The molecular weight excluding hydrogens is 192 g/mol. The molecule has 0 bridgehead atoms. The summed E-state index contributed by atoms with van der Waals surface area (Å²) >= 11 is 0. The van der Waals surface area contributed by atoms with Crippen molar-refractivity contribution >= 4 is 5.95 Å². The van der Waals surface area contributed by atoms with Crippen molar-refractivity contribution in [3.8, 4) is 5.88 Å². The Hall–Kier alpha value is -1.36. The first-order chi connectivity index (χ1) is 7.36. The first-order valence-corrected chi connectivity index (χ1v) is 5.27. The Morgan fingerprint density at radius 1 is 1.33 bits per heavy atom. The van der Waals surface area contributed by atoms with Crippen molar-refractivity contribution in [1.82, 2.24) is 15.3 Å². The molecule has 0 atom stereocenters. The van der Waals surface area contributed by atoms with E-state index < -0.39 is 0 Å². The maximum absolute atomic E-state index is 5.27. The summed E-state index contributed by atoms with van der Waals surface area (Å²) in [7, 11) is 0. The van der Waals surface area contributed by atoms with Gasteiger partial charge in [-0.3, -0.25) is 0 Å². The minimum absolute atomic E-state index is 0.610. The number of likely N-dealkylation sites (N-methyl/N-ethyl adjacent to an activating group) is 1. The number of hydrogen-bond donors (Lipinski definition) is 2. The van der Waals surface area contributed by atoms with E-state index in [1.54, 1.807) is 12.3 Å². The average molecular weight is 210 g/mol. The zero-order chi connectivity index (χ0) is 10.9. The molecular formula is C10H18N4O. The van der Waals surface area contributed by atoms with E-state index >= 15 is 0 Å². The van der Waals surface area contributed by atoms with Crippen molar-refractivity contribution in [1.29, 1.82) is 0 Å². The van der Waals surface area contributed by atoms with Crippen LogP contribution in [0.1, 0.15) is 13.8 Å². The first-order valence-electron chi connectivity index (χ1n) is 5.27. The molecule has 0 aliphatic rings. The summed E-state index contributed by atoms with van der Waals surface area (Å²) in [5.74, 6) is 1.22. The number of aromatic nitrogens is 2. The van der Waals surface area contributed by atoms with E-state index in [0.29, 0.717) is 18.4 Å². The molecule has 1 aromatic rings. The van der Waals surface area contributed by atoms with E-state index in [2.05, 4.69) is 27.5 Å². The van der Waals surface area contributed by atoms with Crippen molar-refractivity contribution in [2.75, 3.05) is 31.6 Å². The molecule has 0 unspecified atom stereocenters. The minimum Gasteiger partial charge on any atom is -0.478 e. The molecule has 0 spiro atoms. The number of nitrogens with one attached hydrogen (secondary N) is 2. The molecule has 0 saturated heterocycles. The third-order valence-corrected chi connectivity index (χ3v) is 1.76. The van der Waals surface area contributed by atoms with Gasteiger partial charge in [-0.15, -0.1) is 0 Å². The van der Waals surface area contributed by atoms with Gasteiger partial charge in [0.2, 0.25) is 11.8 Å². The van der Waals surface area contributed by atoms with Gasteiger partial charge in [-0.05, 0) is 13.5 Å². The molecule has 0 aliphatic heterocycles. The van der Waals surface area contributed by atoms with Crippen molar-refractivity contribution in [3.05, 3.63) is 12.3 Å². The van der Waals surface area contributed by atoms with Gasteiger partial charge in [-0.1, -0.05) is 6.92 Å². The van der Waals surface area contributed by atoms with Crippen molar-refractivity contribution in [2.24, 2.45) is 0 Å². The van der Waals surface area contributed by atoms with Crippen LogP contribution in [0, 0.1) is 0 Å². The fourth-order valence-electron chi connectivity index (χ4n) is 1.10. The van der Waals surface area contributed by atoms with Crippen LogP contribution in [-0.2, 0) is 0 Å². The highest BCUT2D eigenvalue weighted by molar-refractivity contribution is 5.27. The highest BCUT2D eigenvalue weighted by atomic mass is 16.5. The summed E-state index contributed by atoms with van der Waals surface area (Å²) in [5.41, 5.74) is 0. The van der Waals surface area contributed by atoms with Crippen LogP contribution in [0.25, 0.3) is 0 Å². The quantitative estimate of drug-likeness (QED) is 0.655. The first kappa shape index (κ1) is 11.7. The van der Waals surface area contributed by atoms with Gasteiger partial charge in [0, 0.05) is 25.4 Å². The lowest BCUT2D eigenvalue weighted by atomic mass is 10.5. The van der Waals surface area contributed by atoms with Gasteiger partial charge in [0.15, 0.2) is 0 Å². The van der Waals surface area contributed by atoms with Crippen LogP contribution in [-0.4, -0.2) is 36.2 Å². The van der Waals surface area contributed by atoms with Crippen LogP contribution in [0.15, 0.2) is 12.3 Å². The molecule has 15 heavy (non-hydrogen) atoms. The molecule has 1 aromatic heterocycles. The van der Waals surface area contributed by atoms with Crippen LogP contribution >= 0.6 is 0 Å². The molecule has 0 aliphatic carbocycles. The molecule has 0 radical (unpaired) electrons. The van der Waals surface area contributed by atoms with Gasteiger partial charge in [-0.2, -0.15) is 4.98 Å². The minimum atomic E-state index is 0.610. The molecule has 0 saturated carbocycles. The zero-order valence-electron chi connectivity index (χ0n) is 9.29. The lowest BCUT2D eigenvalue weighted by molar-refractivity contribution is 0.326. The van der Waals surface area contributed by atoms with Crippen LogP contribution in [0.2, 0.25) is 0 Å². The van der Waals surface area contributed by atoms with E-state index in [1.165, 1.54) is 0 Å². The van der Waals surface area contributed by atoms with Gasteiger partial charge in [0.25, 0.3) is 0 Å². The standard InChI is InChI=1S/C10H18N4O/c1-3-11-7-8-13-10-12-6-5-9(14-10)15-4-2/h5-6,11H,3-4,7-8H2,1-2H3,(H,12,13,14). The predicted octanol–water partition coefficient (Wildman–Crippen LogP) is 0.897. The molecule has 0 aromatic carbocycles. The second-order valence-electron chi connectivity index (χ2n) is 2.93. The second kappa shape index (κ2) is 7.00. The molecule has 2 N–H and O–H groups in total. The predicted molar refractivity (Wildman–Crippen MR) is 60.2 cm³/mol. The Labute approximate surface area is 90.3 Å². The van der Waals surface area contributed by atoms with Crippen LogP contribution in [0.4, 0.5) is 5.95 Å². The SMILES string of the molecule is CCNCCNc1nccc(OCC)n1. The Balaban J connectivity index is 2.36. The second-order valence-corrected chi connectivity index (χ2v) is 2.93. The maximum atomic E-state index is 5.27. The summed E-state index contributed by atoms with van der Waals surface area (Å²) in [5, 5.41) is 6.32. The summed E-state index contributed by atoms with van der Waals surface area (Å²) in [4.78, 5) is 8.28. The normalized spacial score (nSPS) is 10.0. The Bertz CT molecular complexity index is 280. The van der Waals surface area contributed by atoms with Crippen molar-refractivity contribution in [3.63, 3.8) is 0 Å². The highest BCUT2D eigenvalue weighted by Gasteiger charge is 1.97. The van der Waals surface area contributed by atoms with E-state index in [-0.39, 0.29) is 0 Å². The van der Waals surface area contributed by atoms with Gasteiger partial charge >= 0.3 is 0 Å². The molecule has 0 amide bonds. The molecule has 0 fully saturated rings. The number of rotatable bonds is 7. The third-order valence-electron chi connectivity index (χ3n) is 1.76. The molecule has 84 valence electrons. The number of anilines is 1. The van der Waals surface area contributed by atoms with E-state index in [0.717, 1.165) is 19.6 Å². The van der Waals surface area contributed by atoms with Gasteiger partial charge in [-0.25, -0.2) is 4.98 Å². The van der Waals surface area contributed by atoms with E-state index in [1.807, 2.05) is 6.92 Å². The van der Waals surface area contributed by atoms with E-state index in [4.69, 9.17) is 4.74 Å². The van der Waals surface area contributed by atoms with Gasteiger partial charge in [0.1, 0.15) is 0 Å². The Morgan fingerprint density at radius 2 is 2.20 bits per heavy atom. The fourth-order valence-corrected chi connectivity index (χ4v) is 1.10. The zero-order valence-corrected chi connectivity index (χ0v) is 9.29. The average Bonchev–Trinajstić information content (AvgIpc) is 2.26. The number of nitrogens with zero attached hydrogens (tertiary/aromatic N) is 2. The molecule has 5 heteroatoms. The van der Waals surface area contributed by atoms with Gasteiger partial charge in [0.05, 0.1) is 6.61 Å². The Morgan fingerprint density at radius 3 is 2.93 bits per heavy atom. The Kier molecular flexibility index (Phi) is 5.47. The smallest absolute Gasteiger partial charge is 0.225 e. The monoisotopic (exact) mass is 210 g/mol. The number of ether oxygens (including phenoxy) is 1. The summed E-state index contributed by atoms with van der Waals surface area (Å²) in [6.07, 6.45) is 1.69. The maximum Gasteiger partial charge on any atom is 0.225 e. The lowest BCUT2D eigenvalue weighted by Gasteiger charge is -2.06. The largest absolute Gasteiger partial charge is 0.478 e. The fraction of sp³-hybridized carbons (Fsp3) is 0.600. The molecule has 1 heterocycles. The van der Waals surface area contributed by atoms with Crippen LogP contribution < -0.4 is 15.4 Å². The van der Waals surface area contributed by atoms with Crippen LogP contribution in [0.3, 0.4) is 0 Å². The van der Waals surface area contributed by atoms with Crippen molar-refractivity contribution in [2.45, 2.75) is 13.8 Å². The summed E-state index contributed by atoms with van der Waals surface area (Å²) in [6.45, 7) is 7.31. The third kappa shape index (κ3) is 4.60. The summed E-state index contributed by atoms with van der Waals surface area (Å²) < 4.78 is 5.27. The van der Waals surface area contributed by atoms with E-state index in [9.17, 15) is 0 Å². The topological polar surface area (TPSA) is 59.1 Å². The number of hydrogen-bond acceptors (Lipinski definition) is 5. The molecule has 1 rings (SSSR count).